The summed E-state index contributed by atoms with van der Waals surface area (Å²) in [6, 6.07) is 8.11. The van der Waals surface area contributed by atoms with Gasteiger partial charge in [0.1, 0.15) is 5.75 Å². The second kappa shape index (κ2) is 9.39. The van der Waals surface area contributed by atoms with Crippen molar-refractivity contribution in [2.24, 2.45) is 0 Å². The molecule has 2 aliphatic heterocycles. The minimum atomic E-state index is -0.978. The maximum Gasteiger partial charge on any atom is 0.356 e. The Morgan fingerprint density at radius 1 is 1.21 bits per heavy atom. The summed E-state index contributed by atoms with van der Waals surface area (Å²) in [5.41, 5.74) is 3.00. The van der Waals surface area contributed by atoms with Gasteiger partial charge in [-0.1, -0.05) is 18.2 Å². The van der Waals surface area contributed by atoms with Crippen LogP contribution in [-0.4, -0.2) is 77.1 Å². The van der Waals surface area contributed by atoms with Crippen molar-refractivity contribution in [2.45, 2.75) is 25.9 Å². The Morgan fingerprint density at radius 3 is 2.86 bits per heavy atom. The highest BCUT2D eigenvalue weighted by molar-refractivity contribution is 5.87. The van der Waals surface area contributed by atoms with E-state index in [0.29, 0.717) is 13.2 Å². The Kier molecular flexibility index (Phi) is 6.43. The molecule has 4 rings (SSSR count). The smallest absolute Gasteiger partial charge is 0.356 e. The highest BCUT2D eigenvalue weighted by Crippen LogP contribution is 2.25. The number of aromatic nitrogens is 2. The monoisotopic (exact) mass is 400 g/mol. The molecule has 0 aliphatic carbocycles. The first-order valence-electron chi connectivity index (χ1n) is 10.2. The molecule has 8 heteroatoms. The van der Waals surface area contributed by atoms with E-state index < -0.39 is 5.97 Å². The van der Waals surface area contributed by atoms with Crippen LogP contribution in [0.3, 0.4) is 0 Å². The van der Waals surface area contributed by atoms with Gasteiger partial charge in [-0.05, 0) is 12.5 Å². The first kappa shape index (κ1) is 19.9. The molecule has 29 heavy (non-hydrogen) atoms. The number of rotatable bonds is 8. The van der Waals surface area contributed by atoms with Crippen molar-refractivity contribution >= 4 is 5.97 Å². The minimum absolute atomic E-state index is 0.136. The van der Waals surface area contributed by atoms with Crippen LogP contribution in [0.5, 0.6) is 5.75 Å². The lowest BCUT2D eigenvalue weighted by molar-refractivity contribution is 0.0357. The first-order chi connectivity index (χ1) is 14.2. The number of hydrogen-bond acceptors (Lipinski definition) is 6. The molecule has 0 unspecified atom stereocenters. The first-order valence-corrected chi connectivity index (χ1v) is 10.2. The molecule has 0 saturated carbocycles. The molecule has 8 nitrogen and oxygen atoms in total. The summed E-state index contributed by atoms with van der Waals surface area (Å²) in [5, 5.41) is 16.2. The van der Waals surface area contributed by atoms with Gasteiger partial charge < -0.3 is 14.6 Å². The van der Waals surface area contributed by atoms with Crippen LogP contribution in [0.2, 0.25) is 0 Å². The maximum atomic E-state index is 11.4. The molecule has 156 valence electrons. The number of nitrogens with zero attached hydrogens (tertiary/aromatic N) is 3. The summed E-state index contributed by atoms with van der Waals surface area (Å²) in [4.78, 5) is 16.0. The molecule has 2 N–H and O–H groups in total. The molecule has 3 heterocycles. The number of ether oxygens (including phenoxy) is 2. The van der Waals surface area contributed by atoms with Gasteiger partial charge >= 0.3 is 5.97 Å². The molecule has 0 bridgehead atoms. The fourth-order valence-corrected chi connectivity index (χ4v) is 3.97. The molecule has 0 spiro atoms. The minimum Gasteiger partial charge on any atom is -0.493 e. The molecule has 1 aromatic carbocycles. The van der Waals surface area contributed by atoms with Gasteiger partial charge in [0, 0.05) is 62.5 Å². The molecular formula is C21H28N4O4. The molecule has 0 amide bonds. The summed E-state index contributed by atoms with van der Waals surface area (Å²) in [6.45, 7) is 7.52. The maximum absolute atomic E-state index is 11.4. The Bertz CT molecular complexity index is 832. The number of morpholine rings is 1. The zero-order chi connectivity index (χ0) is 20.1. The second-order valence-electron chi connectivity index (χ2n) is 7.56. The lowest BCUT2D eigenvalue weighted by Gasteiger charge is -2.28. The molecule has 1 aromatic heterocycles. The summed E-state index contributed by atoms with van der Waals surface area (Å²) < 4.78 is 11.5. The molecule has 2 aliphatic rings. The van der Waals surface area contributed by atoms with Gasteiger partial charge in [0.25, 0.3) is 0 Å². The predicted octanol–water partition coefficient (Wildman–Crippen LogP) is 1.77. The number of carboxylic acids is 1. The number of H-pyrrole nitrogens is 1. The average molecular weight is 400 g/mol. The van der Waals surface area contributed by atoms with Crippen LogP contribution in [0.4, 0.5) is 0 Å². The van der Waals surface area contributed by atoms with Crippen molar-refractivity contribution in [3.8, 4) is 5.75 Å². The predicted molar refractivity (Wildman–Crippen MR) is 107 cm³/mol. The zero-order valence-electron chi connectivity index (χ0n) is 16.6. The van der Waals surface area contributed by atoms with E-state index in [1.165, 1.54) is 0 Å². The standard InChI is InChI=1S/C21H28N4O4/c26-21(27)20-17-15-25(8-6-18(17)22-23-20)14-16-4-1-2-5-19(16)29-11-3-7-24-9-12-28-13-10-24/h1-2,4-5H,3,6-15H2,(H,22,23)(H,26,27). The van der Waals surface area contributed by atoms with Gasteiger partial charge in [0.2, 0.25) is 0 Å². The van der Waals surface area contributed by atoms with Gasteiger partial charge in [-0.15, -0.1) is 0 Å². The van der Waals surface area contributed by atoms with Crippen LogP contribution >= 0.6 is 0 Å². The molecule has 1 saturated heterocycles. The van der Waals surface area contributed by atoms with Gasteiger partial charge in [-0.25, -0.2) is 4.79 Å². The van der Waals surface area contributed by atoms with E-state index in [-0.39, 0.29) is 5.69 Å². The largest absolute Gasteiger partial charge is 0.493 e. The zero-order valence-corrected chi connectivity index (χ0v) is 16.6. The number of fused-ring (bicyclic) bond motifs is 1. The number of aromatic amines is 1. The summed E-state index contributed by atoms with van der Waals surface area (Å²) in [7, 11) is 0. The van der Waals surface area contributed by atoms with Crippen molar-refractivity contribution in [3.05, 3.63) is 46.8 Å². The number of aromatic carboxylic acids is 1. The normalized spacial score (nSPS) is 17.8. The van der Waals surface area contributed by atoms with Crippen LogP contribution in [0.15, 0.2) is 24.3 Å². The van der Waals surface area contributed by atoms with Crippen molar-refractivity contribution in [2.75, 3.05) is 46.0 Å². The number of hydrogen-bond donors (Lipinski definition) is 2. The van der Waals surface area contributed by atoms with Crippen LogP contribution in [0, 0.1) is 0 Å². The van der Waals surface area contributed by atoms with Gasteiger partial charge in [-0.2, -0.15) is 5.10 Å². The van der Waals surface area contributed by atoms with E-state index in [1.54, 1.807) is 0 Å². The molecular weight excluding hydrogens is 372 g/mol. The Hall–Kier alpha value is -2.42. The van der Waals surface area contributed by atoms with Crippen molar-refractivity contribution < 1.29 is 19.4 Å². The number of carboxylic acid groups (broad SMARTS) is 1. The summed E-state index contributed by atoms with van der Waals surface area (Å²) >= 11 is 0. The van der Waals surface area contributed by atoms with Crippen LogP contribution in [-0.2, 0) is 24.2 Å². The van der Waals surface area contributed by atoms with E-state index in [2.05, 4.69) is 26.1 Å². The summed E-state index contributed by atoms with van der Waals surface area (Å²) in [6.07, 6.45) is 1.76. The highest BCUT2D eigenvalue weighted by atomic mass is 16.5. The van der Waals surface area contributed by atoms with E-state index in [9.17, 15) is 9.90 Å². The van der Waals surface area contributed by atoms with E-state index in [0.717, 1.165) is 81.3 Å². The fraction of sp³-hybridized carbons (Fsp3) is 0.524. The molecule has 0 radical (unpaired) electrons. The Balaban J connectivity index is 1.32. The summed E-state index contributed by atoms with van der Waals surface area (Å²) in [5.74, 6) is -0.0701. The third-order valence-electron chi connectivity index (χ3n) is 5.56. The van der Waals surface area contributed by atoms with Gasteiger partial charge in [0.05, 0.1) is 19.8 Å². The fourth-order valence-electron chi connectivity index (χ4n) is 3.97. The van der Waals surface area contributed by atoms with Crippen LogP contribution in [0.1, 0.15) is 33.7 Å². The SMILES string of the molecule is O=C(O)c1n[nH]c2c1CN(Cc1ccccc1OCCCN1CCOCC1)CC2. The van der Waals surface area contributed by atoms with Crippen molar-refractivity contribution in [1.82, 2.24) is 20.0 Å². The molecule has 1 fully saturated rings. The second-order valence-corrected chi connectivity index (χ2v) is 7.56. The number of benzene rings is 1. The van der Waals surface area contributed by atoms with Crippen molar-refractivity contribution in [3.63, 3.8) is 0 Å². The van der Waals surface area contributed by atoms with Gasteiger partial charge in [-0.3, -0.25) is 14.9 Å². The topological polar surface area (TPSA) is 90.9 Å². The number of nitrogens with one attached hydrogen (secondary N) is 1. The highest BCUT2D eigenvalue weighted by Gasteiger charge is 2.25. The lowest BCUT2D eigenvalue weighted by Crippen LogP contribution is -2.37. The molecule has 2 aromatic rings. The lowest BCUT2D eigenvalue weighted by atomic mass is 10.0. The average Bonchev–Trinajstić information content (AvgIpc) is 3.17. The Labute approximate surface area is 170 Å². The van der Waals surface area contributed by atoms with Crippen molar-refractivity contribution in [1.29, 1.82) is 0 Å². The quantitative estimate of drug-likeness (QED) is 0.653. The molecule has 0 atom stereocenters. The van der Waals surface area contributed by atoms with Crippen LogP contribution < -0.4 is 4.74 Å². The van der Waals surface area contributed by atoms with E-state index in [1.807, 2.05) is 18.2 Å². The Morgan fingerprint density at radius 2 is 2.03 bits per heavy atom. The van der Waals surface area contributed by atoms with E-state index >= 15 is 0 Å². The van der Waals surface area contributed by atoms with Gasteiger partial charge in [0.15, 0.2) is 5.69 Å². The third kappa shape index (κ3) is 4.95. The van der Waals surface area contributed by atoms with Crippen LogP contribution in [0.25, 0.3) is 0 Å². The van der Waals surface area contributed by atoms with E-state index in [4.69, 9.17) is 9.47 Å². The third-order valence-corrected chi connectivity index (χ3v) is 5.56. The number of para-hydroxylation sites is 1. The number of carbonyl (C=O) groups is 1.